The fourth-order valence-electron chi connectivity index (χ4n) is 2.39. The van der Waals surface area contributed by atoms with Gasteiger partial charge in [-0.25, -0.2) is 4.68 Å². The zero-order valence-electron chi connectivity index (χ0n) is 10.0. The average Bonchev–Trinajstić information content (AvgIpc) is 2.90. The van der Waals surface area contributed by atoms with Gasteiger partial charge in [0.2, 0.25) is 0 Å². The summed E-state index contributed by atoms with van der Waals surface area (Å²) in [6, 6.07) is 8.76. The highest BCUT2D eigenvalue weighted by Crippen LogP contribution is 2.26. The van der Waals surface area contributed by atoms with Crippen LogP contribution in [0.5, 0.6) is 0 Å². The van der Waals surface area contributed by atoms with E-state index in [-0.39, 0.29) is 0 Å². The predicted octanol–water partition coefficient (Wildman–Crippen LogP) is 2.63. The Morgan fingerprint density at radius 1 is 1.17 bits per heavy atom. The molecule has 0 atom stereocenters. The van der Waals surface area contributed by atoms with Crippen LogP contribution in [-0.2, 0) is 0 Å². The molecule has 1 saturated heterocycles. The Hall–Kier alpha value is -1.20. The number of hydrogen-bond acceptors (Lipinski definition) is 3. The highest BCUT2D eigenvalue weighted by Gasteiger charge is 2.19. The molecule has 1 aromatic heterocycles. The lowest BCUT2D eigenvalue weighted by molar-refractivity contribution is 0.340. The summed E-state index contributed by atoms with van der Waals surface area (Å²) in [5, 5.41) is 11.7. The van der Waals surface area contributed by atoms with Crippen molar-refractivity contribution in [2.24, 2.45) is 0 Å². The monoisotopic (exact) mass is 306 g/mol. The predicted molar refractivity (Wildman–Crippen MR) is 74.3 cm³/mol. The van der Waals surface area contributed by atoms with Crippen LogP contribution < -0.4 is 5.32 Å². The minimum absolute atomic E-state index is 0.465. The second kappa shape index (κ2) is 5.20. The Morgan fingerprint density at radius 2 is 1.89 bits per heavy atom. The summed E-state index contributed by atoms with van der Waals surface area (Å²) in [4.78, 5) is 0. The van der Waals surface area contributed by atoms with Crippen LogP contribution in [0.25, 0.3) is 11.3 Å². The number of nitrogens with zero attached hydrogens (tertiary/aromatic N) is 3. The molecule has 94 valence electrons. The van der Waals surface area contributed by atoms with Crippen molar-refractivity contribution < 1.29 is 0 Å². The second-order valence-electron chi connectivity index (χ2n) is 4.55. The van der Waals surface area contributed by atoms with Crippen molar-refractivity contribution in [2.75, 3.05) is 13.1 Å². The summed E-state index contributed by atoms with van der Waals surface area (Å²) >= 11 is 3.46. The van der Waals surface area contributed by atoms with Crippen LogP contribution in [0.4, 0.5) is 0 Å². The molecule has 1 N–H and O–H groups in total. The van der Waals surface area contributed by atoms with Gasteiger partial charge in [-0.15, -0.1) is 5.10 Å². The van der Waals surface area contributed by atoms with Gasteiger partial charge in [-0.2, -0.15) is 0 Å². The molecule has 0 bridgehead atoms. The quantitative estimate of drug-likeness (QED) is 0.927. The minimum Gasteiger partial charge on any atom is -0.317 e. The number of rotatable bonds is 2. The van der Waals surface area contributed by atoms with Crippen LogP contribution in [0, 0.1) is 0 Å². The molecule has 0 unspecified atom stereocenters. The van der Waals surface area contributed by atoms with Gasteiger partial charge in [-0.05, 0) is 38.1 Å². The molecule has 18 heavy (non-hydrogen) atoms. The fourth-order valence-corrected chi connectivity index (χ4v) is 2.66. The van der Waals surface area contributed by atoms with Crippen molar-refractivity contribution in [1.29, 1.82) is 0 Å². The van der Waals surface area contributed by atoms with E-state index in [9.17, 15) is 0 Å². The SMILES string of the molecule is Brc1ccc(-c2cnnn2C2CCNCC2)cc1. The number of halogens is 1. The van der Waals surface area contributed by atoms with Crippen LogP contribution in [0.3, 0.4) is 0 Å². The molecule has 3 rings (SSSR count). The van der Waals surface area contributed by atoms with Gasteiger partial charge >= 0.3 is 0 Å². The molecule has 1 aromatic carbocycles. The number of hydrogen-bond donors (Lipinski definition) is 1. The third-order valence-electron chi connectivity index (χ3n) is 3.37. The smallest absolute Gasteiger partial charge is 0.0888 e. The van der Waals surface area contributed by atoms with Gasteiger partial charge in [0.1, 0.15) is 0 Å². The van der Waals surface area contributed by atoms with E-state index >= 15 is 0 Å². The molecule has 0 amide bonds. The largest absolute Gasteiger partial charge is 0.317 e. The Morgan fingerprint density at radius 3 is 2.61 bits per heavy atom. The van der Waals surface area contributed by atoms with Crippen molar-refractivity contribution in [3.63, 3.8) is 0 Å². The Balaban J connectivity index is 1.93. The van der Waals surface area contributed by atoms with E-state index in [4.69, 9.17) is 0 Å². The molecule has 1 aliphatic heterocycles. The first-order valence-corrected chi connectivity index (χ1v) is 7.01. The molecular weight excluding hydrogens is 292 g/mol. The number of piperidine rings is 1. The minimum atomic E-state index is 0.465. The van der Waals surface area contributed by atoms with E-state index in [2.05, 4.69) is 60.5 Å². The zero-order valence-corrected chi connectivity index (χ0v) is 11.6. The van der Waals surface area contributed by atoms with E-state index in [0.29, 0.717) is 6.04 Å². The number of benzene rings is 1. The standard InChI is InChI=1S/C13H15BrN4/c14-11-3-1-10(2-4-11)13-9-16-17-18(13)12-5-7-15-8-6-12/h1-4,9,12,15H,5-8H2. The third-order valence-corrected chi connectivity index (χ3v) is 3.90. The van der Waals surface area contributed by atoms with Gasteiger partial charge < -0.3 is 5.32 Å². The van der Waals surface area contributed by atoms with E-state index < -0.39 is 0 Å². The maximum atomic E-state index is 4.27. The molecule has 1 aliphatic rings. The zero-order chi connectivity index (χ0) is 12.4. The maximum Gasteiger partial charge on any atom is 0.0888 e. The van der Waals surface area contributed by atoms with Gasteiger partial charge in [0.05, 0.1) is 17.9 Å². The lowest BCUT2D eigenvalue weighted by Crippen LogP contribution is -2.30. The summed E-state index contributed by atoms with van der Waals surface area (Å²) < 4.78 is 3.16. The van der Waals surface area contributed by atoms with Crippen molar-refractivity contribution in [3.05, 3.63) is 34.9 Å². The first-order valence-electron chi connectivity index (χ1n) is 6.21. The maximum absolute atomic E-state index is 4.27. The van der Waals surface area contributed by atoms with Gasteiger partial charge in [0, 0.05) is 10.0 Å². The van der Waals surface area contributed by atoms with Gasteiger partial charge in [-0.3, -0.25) is 0 Å². The fraction of sp³-hybridized carbons (Fsp3) is 0.385. The third kappa shape index (κ3) is 2.33. The van der Waals surface area contributed by atoms with Crippen LogP contribution in [-0.4, -0.2) is 28.1 Å². The molecule has 5 heteroatoms. The second-order valence-corrected chi connectivity index (χ2v) is 5.47. The lowest BCUT2D eigenvalue weighted by atomic mass is 10.1. The van der Waals surface area contributed by atoms with Crippen molar-refractivity contribution in [1.82, 2.24) is 20.3 Å². The molecule has 0 aliphatic carbocycles. The molecule has 1 fully saturated rings. The first-order chi connectivity index (χ1) is 8.84. The van der Waals surface area contributed by atoms with Crippen LogP contribution >= 0.6 is 15.9 Å². The first kappa shape index (κ1) is 11.9. The van der Waals surface area contributed by atoms with Crippen molar-refractivity contribution in [3.8, 4) is 11.3 Å². The van der Waals surface area contributed by atoms with E-state index in [1.807, 2.05) is 6.20 Å². The topological polar surface area (TPSA) is 42.7 Å². The molecule has 0 radical (unpaired) electrons. The summed E-state index contributed by atoms with van der Waals surface area (Å²) in [7, 11) is 0. The molecule has 0 saturated carbocycles. The Labute approximate surface area is 115 Å². The molecule has 0 spiro atoms. The van der Waals surface area contributed by atoms with Crippen molar-refractivity contribution >= 4 is 15.9 Å². The molecule has 2 aromatic rings. The number of aromatic nitrogens is 3. The summed E-state index contributed by atoms with van der Waals surface area (Å²) in [6.45, 7) is 2.12. The van der Waals surface area contributed by atoms with Crippen LogP contribution in [0.2, 0.25) is 0 Å². The Kier molecular flexibility index (Phi) is 3.43. The highest BCUT2D eigenvalue weighted by atomic mass is 79.9. The average molecular weight is 307 g/mol. The lowest BCUT2D eigenvalue weighted by Gasteiger charge is -2.24. The Bertz CT molecular complexity index is 514. The molecule has 4 nitrogen and oxygen atoms in total. The summed E-state index contributed by atoms with van der Waals surface area (Å²) in [5.74, 6) is 0. The van der Waals surface area contributed by atoms with Gasteiger partial charge in [-0.1, -0.05) is 33.3 Å². The van der Waals surface area contributed by atoms with E-state index in [0.717, 1.165) is 36.1 Å². The molecular formula is C13H15BrN4. The van der Waals surface area contributed by atoms with E-state index in [1.54, 1.807) is 0 Å². The van der Waals surface area contributed by atoms with Gasteiger partial charge in [0.25, 0.3) is 0 Å². The van der Waals surface area contributed by atoms with E-state index in [1.165, 1.54) is 5.56 Å². The normalized spacial score (nSPS) is 16.9. The number of nitrogens with one attached hydrogen (secondary N) is 1. The summed E-state index contributed by atoms with van der Waals surface area (Å²) in [5.41, 5.74) is 2.27. The van der Waals surface area contributed by atoms with Gasteiger partial charge in [0.15, 0.2) is 0 Å². The molecule has 2 heterocycles. The van der Waals surface area contributed by atoms with Crippen molar-refractivity contribution in [2.45, 2.75) is 18.9 Å². The highest BCUT2D eigenvalue weighted by molar-refractivity contribution is 9.10. The van der Waals surface area contributed by atoms with Crippen LogP contribution in [0.15, 0.2) is 34.9 Å². The van der Waals surface area contributed by atoms with Crippen LogP contribution in [0.1, 0.15) is 18.9 Å². The summed E-state index contributed by atoms with van der Waals surface area (Å²) in [6.07, 6.45) is 4.09.